The van der Waals surface area contributed by atoms with Gasteiger partial charge in [-0.3, -0.25) is 19.7 Å². The Morgan fingerprint density at radius 3 is 2.62 bits per heavy atom. The maximum Gasteiger partial charge on any atom is 0.338 e. The zero-order valence-electron chi connectivity index (χ0n) is 20.8. The van der Waals surface area contributed by atoms with E-state index in [0.29, 0.717) is 60.2 Å². The Hall–Kier alpha value is -3.67. The number of carbonyl (C=O) groups is 3. The molecule has 0 radical (unpaired) electrons. The van der Waals surface area contributed by atoms with Gasteiger partial charge in [0.1, 0.15) is 0 Å². The second kappa shape index (κ2) is 11.2. The number of fused-ring (bicyclic) bond motifs is 1. The summed E-state index contributed by atoms with van der Waals surface area (Å²) in [6.45, 7) is 4.61. The summed E-state index contributed by atoms with van der Waals surface area (Å²) in [7, 11) is 1.28. The Kier molecular flexibility index (Phi) is 7.96. The van der Waals surface area contributed by atoms with Gasteiger partial charge in [-0.25, -0.2) is 9.79 Å². The van der Waals surface area contributed by atoms with Gasteiger partial charge >= 0.3 is 11.9 Å². The number of likely N-dealkylation sites (tertiary alicyclic amines) is 1. The maximum absolute atomic E-state index is 13.3. The summed E-state index contributed by atoms with van der Waals surface area (Å²) in [5.41, 5.74) is 1.96. The number of amidine groups is 1. The lowest BCUT2D eigenvalue weighted by Gasteiger charge is -2.37. The first kappa shape index (κ1) is 26.4. The van der Waals surface area contributed by atoms with Crippen LogP contribution in [0.2, 0.25) is 0 Å². The minimum absolute atomic E-state index is 0.0402. The molecule has 0 bridgehead atoms. The second-order valence-electron chi connectivity index (χ2n) is 8.84. The van der Waals surface area contributed by atoms with Crippen LogP contribution in [0.1, 0.15) is 44.7 Å². The summed E-state index contributed by atoms with van der Waals surface area (Å²) in [4.78, 5) is 57.2. The molecule has 1 aromatic rings. The third-order valence-electron chi connectivity index (χ3n) is 6.55. The van der Waals surface area contributed by atoms with Crippen molar-refractivity contribution >= 4 is 40.5 Å². The van der Waals surface area contributed by atoms with Gasteiger partial charge < -0.3 is 19.3 Å². The van der Waals surface area contributed by atoms with Crippen molar-refractivity contribution in [2.45, 2.75) is 39.2 Å². The largest absolute Gasteiger partial charge is 0.466 e. The van der Waals surface area contributed by atoms with E-state index in [2.05, 4.69) is 4.99 Å². The number of non-ortho nitro benzene ring substituents is 1. The van der Waals surface area contributed by atoms with E-state index in [4.69, 9.17) is 9.47 Å². The van der Waals surface area contributed by atoms with Crippen LogP contribution in [0.25, 0.3) is 0 Å². The SMILES string of the molecule is CCOC(=O)[C@@H]1CCCN(C(=O)CC2=CSC3=NC(C)=C(C(=O)OC)[C@@H](c4ccc([N+](=O)[O-])cc4)N23)C1. The number of hydrogen-bond acceptors (Lipinski definition) is 10. The fourth-order valence-corrected chi connectivity index (χ4v) is 5.72. The molecule has 1 amide bonds. The van der Waals surface area contributed by atoms with Crippen molar-refractivity contribution in [3.63, 3.8) is 0 Å². The van der Waals surface area contributed by atoms with E-state index in [0.717, 1.165) is 0 Å². The minimum atomic E-state index is -0.677. The fourth-order valence-electron chi connectivity index (χ4n) is 4.76. The van der Waals surface area contributed by atoms with Gasteiger partial charge in [0.05, 0.1) is 48.3 Å². The summed E-state index contributed by atoms with van der Waals surface area (Å²) in [6, 6.07) is 5.28. The number of benzene rings is 1. The number of aliphatic imine (C=N–C) groups is 1. The average Bonchev–Trinajstić information content (AvgIpc) is 3.29. The van der Waals surface area contributed by atoms with E-state index in [-0.39, 0.29) is 29.9 Å². The van der Waals surface area contributed by atoms with E-state index < -0.39 is 16.9 Å². The van der Waals surface area contributed by atoms with Crippen molar-refractivity contribution in [1.82, 2.24) is 9.80 Å². The zero-order valence-corrected chi connectivity index (χ0v) is 21.7. The number of amides is 1. The van der Waals surface area contributed by atoms with Crippen molar-refractivity contribution in [3.8, 4) is 0 Å². The van der Waals surface area contributed by atoms with Gasteiger partial charge in [0.15, 0.2) is 5.17 Å². The highest BCUT2D eigenvalue weighted by Crippen LogP contribution is 2.45. The van der Waals surface area contributed by atoms with Crippen LogP contribution < -0.4 is 0 Å². The highest BCUT2D eigenvalue weighted by atomic mass is 32.2. The van der Waals surface area contributed by atoms with Gasteiger partial charge in [0.25, 0.3) is 5.69 Å². The van der Waals surface area contributed by atoms with E-state index in [1.54, 1.807) is 30.9 Å². The average molecular weight is 529 g/mol. The van der Waals surface area contributed by atoms with Gasteiger partial charge in [-0.2, -0.15) is 0 Å². The molecule has 0 saturated carbocycles. The Labute approximate surface area is 218 Å². The highest BCUT2D eigenvalue weighted by molar-refractivity contribution is 8.16. The number of piperidine rings is 1. The molecule has 3 heterocycles. The molecule has 1 fully saturated rings. The van der Waals surface area contributed by atoms with E-state index in [1.165, 1.54) is 31.0 Å². The van der Waals surface area contributed by atoms with Crippen molar-refractivity contribution < 1.29 is 28.8 Å². The molecule has 0 aliphatic carbocycles. The van der Waals surface area contributed by atoms with E-state index in [1.807, 2.05) is 10.3 Å². The van der Waals surface area contributed by atoms with Crippen molar-refractivity contribution in [3.05, 3.63) is 62.3 Å². The number of hydrogen-bond donors (Lipinski definition) is 0. The van der Waals surface area contributed by atoms with Gasteiger partial charge in [0, 0.05) is 30.9 Å². The first-order valence-corrected chi connectivity index (χ1v) is 12.8. The predicted octanol–water partition coefficient (Wildman–Crippen LogP) is 3.53. The van der Waals surface area contributed by atoms with Crippen molar-refractivity contribution in [1.29, 1.82) is 0 Å². The van der Waals surface area contributed by atoms with Gasteiger partial charge in [0.2, 0.25) is 5.91 Å². The number of nitro groups is 1. The summed E-state index contributed by atoms with van der Waals surface area (Å²) >= 11 is 1.34. The Morgan fingerprint density at radius 2 is 1.97 bits per heavy atom. The molecule has 37 heavy (non-hydrogen) atoms. The standard InChI is InChI=1S/C25H28N4O7S/c1-4-36-23(31)17-6-5-11-27(13-17)20(30)12-19-14-37-25-26-15(2)21(24(32)35-3)22(28(19)25)16-7-9-18(10-8-16)29(33)34/h7-10,14,17,22H,4-6,11-13H2,1-3H3/t17-,22-/m1/s1. The smallest absolute Gasteiger partial charge is 0.338 e. The molecule has 1 saturated heterocycles. The topological polar surface area (TPSA) is 132 Å². The van der Waals surface area contributed by atoms with Crippen LogP contribution >= 0.6 is 11.8 Å². The monoisotopic (exact) mass is 528 g/mol. The van der Waals surface area contributed by atoms with Gasteiger partial charge in [-0.15, -0.1) is 0 Å². The molecule has 3 aliphatic heterocycles. The van der Waals surface area contributed by atoms with Gasteiger partial charge in [-0.05, 0) is 49.8 Å². The molecular weight excluding hydrogens is 500 g/mol. The van der Waals surface area contributed by atoms with Crippen molar-refractivity contribution in [2.75, 3.05) is 26.8 Å². The minimum Gasteiger partial charge on any atom is -0.466 e. The number of thioether (sulfide) groups is 1. The van der Waals surface area contributed by atoms with Crippen molar-refractivity contribution in [2.24, 2.45) is 10.9 Å². The van der Waals surface area contributed by atoms with Crippen LogP contribution in [0.4, 0.5) is 5.69 Å². The molecule has 3 aliphatic rings. The second-order valence-corrected chi connectivity index (χ2v) is 9.68. The normalized spacial score (nSPS) is 21.2. The number of esters is 2. The molecule has 196 valence electrons. The molecular formula is C25H28N4O7S. The van der Waals surface area contributed by atoms with Crippen LogP contribution in [-0.2, 0) is 23.9 Å². The Bertz CT molecular complexity index is 1210. The van der Waals surface area contributed by atoms with Crippen LogP contribution in [0, 0.1) is 16.0 Å². The number of nitrogens with zero attached hydrogens (tertiary/aromatic N) is 4. The van der Waals surface area contributed by atoms with Gasteiger partial charge in [-0.1, -0.05) is 11.8 Å². The summed E-state index contributed by atoms with van der Waals surface area (Å²) < 4.78 is 10.2. The number of ether oxygens (including phenoxy) is 2. The van der Waals surface area contributed by atoms with Crippen LogP contribution in [0.5, 0.6) is 0 Å². The lowest BCUT2D eigenvalue weighted by atomic mass is 9.93. The highest BCUT2D eigenvalue weighted by Gasteiger charge is 2.41. The third kappa shape index (κ3) is 5.38. The number of rotatable bonds is 7. The number of allylic oxidation sites excluding steroid dienone is 1. The summed E-state index contributed by atoms with van der Waals surface area (Å²) in [6.07, 6.45) is 1.43. The quantitative estimate of drug-likeness (QED) is 0.296. The molecule has 11 nitrogen and oxygen atoms in total. The van der Waals surface area contributed by atoms with E-state index in [9.17, 15) is 24.5 Å². The zero-order chi connectivity index (χ0) is 26.7. The predicted molar refractivity (Wildman–Crippen MR) is 136 cm³/mol. The molecule has 12 heteroatoms. The van der Waals surface area contributed by atoms with Crippen LogP contribution in [0.3, 0.4) is 0 Å². The molecule has 4 rings (SSSR count). The number of methoxy groups -OCH3 is 1. The molecule has 1 aromatic carbocycles. The third-order valence-corrected chi connectivity index (χ3v) is 7.44. The summed E-state index contributed by atoms with van der Waals surface area (Å²) in [5, 5.41) is 13.6. The van der Waals surface area contributed by atoms with E-state index >= 15 is 0 Å². The van der Waals surface area contributed by atoms with Crippen LogP contribution in [0.15, 0.2) is 51.6 Å². The van der Waals surface area contributed by atoms with Crippen LogP contribution in [-0.4, -0.2) is 64.5 Å². The Morgan fingerprint density at radius 1 is 1.24 bits per heavy atom. The Balaban J connectivity index is 1.61. The molecule has 0 spiro atoms. The number of nitro benzene ring substituents is 1. The molecule has 0 N–H and O–H groups in total. The summed E-state index contributed by atoms with van der Waals surface area (Å²) in [5.74, 6) is -1.35. The molecule has 0 unspecified atom stereocenters. The number of carbonyl (C=O) groups excluding carboxylic acids is 3. The lowest BCUT2D eigenvalue weighted by Crippen LogP contribution is -2.44. The molecule has 2 atom stereocenters. The fraction of sp³-hybridized carbons (Fsp3) is 0.440. The first-order chi connectivity index (χ1) is 17.7. The maximum atomic E-state index is 13.3. The molecule has 0 aromatic heterocycles. The first-order valence-electron chi connectivity index (χ1n) is 12.0. The lowest BCUT2D eigenvalue weighted by molar-refractivity contribution is -0.384.